The summed E-state index contributed by atoms with van der Waals surface area (Å²) in [6, 6.07) is 0. The van der Waals surface area contributed by atoms with Crippen LogP contribution in [0.15, 0.2) is 35.6 Å². The molecule has 0 unspecified atom stereocenters. The molecule has 0 radical (unpaired) electrons. The predicted molar refractivity (Wildman–Crippen MR) is 49.3 cm³/mol. The van der Waals surface area contributed by atoms with E-state index < -0.39 is 0 Å². The molecule has 0 saturated heterocycles. The first-order chi connectivity index (χ1) is 5.18. The lowest BCUT2D eigenvalue weighted by Gasteiger charge is -2.00. The Morgan fingerprint density at radius 3 is 2.73 bits per heavy atom. The van der Waals surface area contributed by atoms with Crippen LogP contribution < -0.4 is 5.73 Å². The highest BCUT2D eigenvalue weighted by molar-refractivity contribution is 5.55. The van der Waals surface area contributed by atoms with Gasteiger partial charge in [-0.1, -0.05) is 20.4 Å². The van der Waals surface area contributed by atoms with E-state index in [-0.39, 0.29) is 0 Å². The molecular formula is C9H14N2. The Labute approximate surface area is 67.8 Å². The lowest BCUT2D eigenvalue weighted by atomic mass is 10.1. The Morgan fingerprint density at radius 2 is 2.27 bits per heavy atom. The average molecular weight is 150 g/mol. The van der Waals surface area contributed by atoms with Crippen molar-refractivity contribution < 1.29 is 0 Å². The predicted octanol–water partition coefficient (Wildman–Crippen LogP) is 1.85. The van der Waals surface area contributed by atoms with E-state index in [0.717, 1.165) is 5.70 Å². The minimum Gasteiger partial charge on any atom is -0.402 e. The Hall–Kier alpha value is -1.27. The summed E-state index contributed by atoms with van der Waals surface area (Å²) in [4.78, 5) is 3.66. The Bertz CT molecular complexity index is 206. The topological polar surface area (TPSA) is 38.4 Å². The SMILES string of the molecule is C=CN=C=C/C=C(\N)C(C)C. The van der Waals surface area contributed by atoms with Gasteiger partial charge in [-0.2, -0.15) is 0 Å². The quantitative estimate of drug-likeness (QED) is 0.484. The zero-order chi connectivity index (χ0) is 8.69. The van der Waals surface area contributed by atoms with Crippen LogP contribution in [0.5, 0.6) is 0 Å². The maximum absolute atomic E-state index is 5.62. The van der Waals surface area contributed by atoms with Crippen molar-refractivity contribution in [3.05, 3.63) is 30.6 Å². The van der Waals surface area contributed by atoms with Crippen LogP contribution in [0.4, 0.5) is 0 Å². The maximum Gasteiger partial charge on any atom is 0.0296 e. The van der Waals surface area contributed by atoms with Gasteiger partial charge in [0.05, 0.1) is 0 Å². The summed E-state index contributed by atoms with van der Waals surface area (Å²) in [7, 11) is 0. The molecule has 2 heteroatoms. The van der Waals surface area contributed by atoms with Gasteiger partial charge < -0.3 is 5.73 Å². The number of rotatable bonds is 3. The summed E-state index contributed by atoms with van der Waals surface area (Å²) in [6.45, 7) is 7.48. The highest BCUT2D eigenvalue weighted by Gasteiger charge is 1.92. The molecule has 0 bridgehead atoms. The minimum atomic E-state index is 0.372. The molecule has 0 heterocycles. The third kappa shape index (κ3) is 5.19. The van der Waals surface area contributed by atoms with Crippen LogP contribution in [0, 0.1) is 5.92 Å². The molecule has 0 rings (SSSR count). The first kappa shape index (κ1) is 9.73. The van der Waals surface area contributed by atoms with Gasteiger partial charge in [-0.3, -0.25) is 0 Å². The van der Waals surface area contributed by atoms with Gasteiger partial charge in [0.1, 0.15) is 0 Å². The molecule has 60 valence electrons. The van der Waals surface area contributed by atoms with E-state index >= 15 is 0 Å². The highest BCUT2D eigenvalue weighted by Crippen LogP contribution is 2.00. The third-order valence-electron chi connectivity index (χ3n) is 1.18. The van der Waals surface area contributed by atoms with E-state index in [4.69, 9.17) is 5.73 Å². The van der Waals surface area contributed by atoms with E-state index in [9.17, 15) is 0 Å². The Kier molecular flexibility index (Phi) is 4.87. The molecule has 0 aromatic heterocycles. The summed E-state index contributed by atoms with van der Waals surface area (Å²) in [5, 5.41) is 0. The molecule has 11 heavy (non-hydrogen) atoms. The summed E-state index contributed by atoms with van der Waals surface area (Å²) in [6.07, 6.45) is 4.89. The molecule has 0 aromatic carbocycles. The monoisotopic (exact) mass is 150 g/mol. The average Bonchev–Trinajstić information content (AvgIpc) is 1.97. The fourth-order valence-electron chi connectivity index (χ4n) is 0.422. The first-order valence-corrected chi connectivity index (χ1v) is 3.53. The van der Waals surface area contributed by atoms with Gasteiger partial charge in [-0.15, -0.1) is 0 Å². The van der Waals surface area contributed by atoms with Crippen molar-refractivity contribution in [1.82, 2.24) is 0 Å². The standard InChI is InChI=1S/C9H14N2/c1-4-11-7-5-6-9(10)8(2)3/h4-6,8H,1,10H2,2-3H3/b9-6-. The summed E-state index contributed by atoms with van der Waals surface area (Å²) < 4.78 is 0. The highest BCUT2D eigenvalue weighted by atomic mass is 14.6. The van der Waals surface area contributed by atoms with Gasteiger partial charge in [0.15, 0.2) is 0 Å². The van der Waals surface area contributed by atoms with Crippen molar-refractivity contribution in [3.8, 4) is 0 Å². The number of nitrogens with zero attached hydrogens (tertiary/aromatic N) is 1. The third-order valence-corrected chi connectivity index (χ3v) is 1.18. The van der Waals surface area contributed by atoms with Gasteiger partial charge in [0.2, 0.25) is 0 Å². The number of allylic oxidation sites excluding steroid dienone is 3. The number of nitrogens with two attached hydrogens (primary N) is 1. The Morgan fingerprint density at radius 1 is 1.64 bits per heavy atom. The largest absolute Gasteiger partial charge is 0.402 e. The maximum atomic E-state index is 5.62. The van der Waals surface area contributed by atoms with E-state index in [0.29, 0.717) is 5.92 Å². The van der Waals surface area contributed by atoms with E-state index in [2.05, 4.69) is 17.4 Å². The molecule has 0 aromatic rings. The Balaban J connectivity index is 4.11. The van der Waals surface area contributed by atoms with Gasteiger partial charge in [-0.25, -0.2) is 4.99 Å². The molecule has 0 aliphatic heterocycles. The van der Waals surface area contributed by atoms with Crippen molar-refractivity contribution in [1.29, 1.82) is 0 Å². The van der Waals surface area contributed by atoms with Crippen molar-refractivity contribution in [3.63, 3.8) is 0 Å². The van der Waals surface area contributed by atoms with Crippen LogP contribution in [0.3, 0.4) is 0 Å². The molecular weight excluding hydrogens is 136 g/mol. The molecule has 0 saturated carbocycles. The van der Waals surface area contributed by atoms with Crippen molar-refractivity contribution in [2.75, 3.05) is 0 Å². The van der Waals surface area contributed by atoms with Crippen molar-refractivity contribution in [2.24, 2.45) is 16.6 Å². The van der Waals surface area contributed by atoms with Crippen LogP contribution in [0.25, 0.3) is 0 Å². The molecule has 0 amide bonds. The summed E-state index contributed by atoms with van der Waals surface area (Å²) in [5.41, 5.74) is 6.45. The van der Waals surface area contributed by atoms with Crippen molar-refractivity contribution >= 4 is 5.87 Å². The second-order valence-electron chi connectivity index (χ2n) is 2.43. The van der Waals surface area contributed by atoms with E-state index in [1.165, 1.54) is 6.20 Å². The van der Waals surface area contributed by atoms with Gasteiger partial charge in [-0.05, 0) is 17.9 Å². The molecule has 0 spiro atoms. The summed E-state index contributed by atoms with van der Waals surface area (Å²) >= 11 is 0. The normalized spacial score (nSPS) is 10.6. The fourth-order valence-corrected chi connectivity index (χ4v) is 0.422. The van der Waals surface area contributed by atoms with Crippen LogP contribution in [-0.4, -0.2) is 5.87 Å². The molecule has 0 aliphatic carbocycles. The van der Waals surface area contributed by atoms with Gasteiger partial charge in [0, 0.05) is 18.0 Å². The van der Waals surface area contributed by atoms with Crippen LogP contribution in [0.2, 0.25) is 0 Å². The number of hydrogen-bond acceptors (Lipinski definition) is 2. The molecule has 0 aliphatic rings. The molecule has 2 N–H and O–H groups in total. The molecule has 0 fully saturated rings. The van der Waals surface area contributed by atoms with Crippen LogP contribution >= 0.6 is 0 Å². The van der Waals surface area contributed by atoms with E-state index in [1.54, 1.807) is 12.2 Å². The summed E-state index contributed by atoms with van der Waals surface area (Å²) in [5.74, 6) is 3.02. The van der Waals surface area contributed by atoms with Gasteiger partial charge >= 0.3 is 0 Å². The zero-order valence-electron chi connectivity index (χ0n) is 7.04. The van der Waals surface area contributed by atoms with Gasteiger partial charge in [0.25, 0.3) is 0 Å². The van der Waals surface area contributed by atoms with Crippen LogP contribution in [-0.2, 0) is 0 Å². The lowest BCUT2D eigenvalue weighted by molar-refractivity contribution is 0.757. The first-order valence-electron chi connectivity index (χ1n) is 3.53. The fraction of sp³-hybridized carbons (Fsp3) is 0.333. The van der Waals surface area contributed by atoms with Crippen LogP contribution in [0.1, 0.15) is 13.8 Å². The number of aliphatic imine (C=N–C) groups is 1. The second-order valence-corrected chi connectivity index (χ2v) is 2.43. The molecule has 0 atom stereocenters. The smallest absolute Gasteiger partial charge is 0.0296 e. The molecule has 2 nitrogen and oxygen atoms in total. The second kappa shape index (κ2) is 5.51. The van der Waals surface area contributed by atoms with E-state index in [1.807, 2.05) is 13.8 Å². The lowest BCUT2D eigenvalue weighted by Crippen LogP contribution is -2.03. The number of hydrogen-bond donors (Lipinski definition) is 1. The van der Waals surface area contributed by atoms with Crippen molar-refractivity contribution in [2.45, 2.75) is 13.8 Å². The zero-order valence-corrected chi connectivity index (χ0v) is 7.04. The minimum absolute atomic E-state index is 0.372.